The molecule has 0 saturated carbocycles. The Morgan fingerprint density at radius 2 is 1.80 bits per heavy atom. The zero-order valence-corrected chi connectivity index (χ0v) is 13.6. The highest BCUT2D eigenvalue weighted by atomic mass is 16.5. The monoisotopic (exact) mass is 336 g/mol. The fourth-order valence-corrected chi connectivity index (χ4v) is 2.30. The van der Waals surface area contributed by atoms with Crippen molar-refractivity contribution in [2.24, 2.45) is 0 Å². The molecule has 0 spiro atoms. The van der Waals surface area contributed by atoms with Crippen molar-refractivity contribution >= 4 is 17.6 Å². The number of amides is 1. The van der Waals surface area contributed by atoms with Crippen molar-refractivity contribution in [3.8, 4) is 11.3 Å². The number of hydrogen-bond acceptors (Lipinski definition) is 5. The molecule has 6 heteroatoms. The molecule has 6 nitrogen and oxygen atoms in total. The maximum atomic E-state index is 12.5. The van der Waals surface area contributed by atoms with Gasteiger partial charge in [-0.3, -0.25) is 4.79 Å². The van der Waals surface area contributed by atoms with Gasteiger partial charge < -0.3 is 14.5 Å². The fraction of sp³-hybridized carbons (Fsp3) is 0.105. The van der Waals surface area contributed by atoms with E-state index in [0.29, 0.717) is 23.6 Å². The molecule has 3 aromatic rings. The first-order valence-electron chi connectivity index (χ1n) is 7.76. The number of carbonyl (C=O) groups excluding carboxylic acids is 2. The number of ether oxygens (including phenoxy) is 1. The van der Waals surface area contributed by atoms with Crippen molar-refractivity contribution in [3.05, 3.63) is 72.3 Å². The molecule has 0 fully saturated rings. The second-order valence-electron chi connectivity index (χ2n) is 5.15. The lowest BCUT2D eigenvalue weighted by Gasteiger charge is -2.06. The van der Waals surface area contributed by atoms with Gasteiger partial charge in [-0.15, -0.1) is 0 Å². The van der Waals surface area contributed by atoms with Crippen LogP contribution in [0.1, 0.15) is 27.8 Å². The minimum atomic E-state index is -0.416. The van der Waals surface area contributed by atoms with Crippen LogP contribution < -0.4 is 5.32 Å². The van der Waals surface area contributed by atoms with Crippen molar-refractivity contribution in [2.75, 3.05) is 11.9 Å². The lowest BCUT2D eigenvalue weighted by Crippen LogP contribution is -2.12. The van der Waals surface area contributed by atoms with Gasteiger partial charge in [0, 0.05) is 11.3 Å². The van der Waals surface area contributed by atoms with Crippen molar-refractivity contribution in [1.29, 1.82) is 0 Å². The maximum Gasteiger partial charge on any atom is 0.338 e. The number of esters is 1. The first kappa shape index (κ1) is 16.4. The van der Waals surface area contributed by atoms with Crippen LogP contribution >= 0.6 is 0 Å². The number of anilines is 1. The number of benzene rings is 2. The van der Waals surface area contributed by atoms with E-state index in [9.17, 15) is 9.59 Å². The lowest BCUT2D eigenvalue weighted by atomic mass is 10.1. The van der Waals surface area contributed by atoms with E-state index in [1.54, 1.807) is 31.2 Å². The highest BCUT2D eigenvalue weighted by Gasteiger charge is 2.18. The Hall–Kier alpha value is -3.41. The van der Waals surface area contributed by atoms with Crippen LogP contribution in [-0.2, 0) is 4.74 Å². The summed E-state index contributed by atoms with van der Waals surface area (Å²) in [4.78, 5) is 28.2. The minimum Gasteiger partial charge on any atom is -0.462 e. The van der Waals surface area contributed by atoms with Gasteiger partial charge in [0.25, 0.3) is 5.91 Å². The molecular weight excluding hydrogens is 320 g/mol. The summed E-state index contributed by atoms with van der Waals surface area (Å²) in [5, 5.41) is 2.73. The molecule has 1 heterocycles. The van der Waals surface area contributed by atoms with E-state index < -0.39 is 11.9 Å². The van der Waals surface area contributed by atoms with Crippen molar-refractivity contribution in [3.63, 3.8) is 0 Å². The topological polar surface area (TPSA) is 81.4 Å². The van der Waals surface area contributed by atoms with E-state index in [4.69, 9.17) is 9.15 Å². The highest BCUT2D eigenvalue weighted by Crippen LogP contribution is 2.23. The quantitative estimate of drug-likeness (QED) is 0.717. The van der Waals surface area contributed by atoms with Gasteiger partial charge in [0.05, 0.1) is 12.2 Å². The van der Waals surface area contributed by atoms with Crippen molar-refractivity contribution in [1.82, 2.24) is 4.98 Å². The molecule has 1 amide bonds. The van der Waals surface area contributed by atoms with Crippen molar-refractivity contribution in [2.45, 2.75) is 6.92 Å². The number of carbonyl (C=O) groups is 2. The summed E-state index contributed by atoms with van der Waals surface area (Å²) < 4.78 is 10.2. The third-order valence-electron chi connectivity index (χ3n) is 3.47. The third-order valence-corrected chi connectivity index (χ3v) is 3.47. The molecule has 0 saturated heterocycles. The summed E-state index contributed by atoms with van der Waals surface area (Å²) >= 11 is 0. The lowest BCUT2D eigenvalue weighted by molar-refractivity contribution is 0.0526. The van der Waals surface area contributed by atoms with Gasteiger partial charge >= 0.3 is 5.97 Å². The number of nitrogens with zero attached hydrogens (tertiary/aromatic N) is 1. The van der Waals surface area contributed by atoms with Gasteiger partial charge in [-0.25, -0.2) is 9.78 Å². The van der Waals surface area contributed by atoms with Crippen LogP contribution in [0.4, 0.5) is 5.69 Å². The number of rotatable bonds is 5. The molecule has 0 bridgehead atoms. The molecule has 25 heavy (non-hydrogen) atoms. The van der Waals surface area contributed by atoms with Crippen LogP contribution in [0.5, 0.6) is 0 Å². The van der Waals surface area contributed by atoms with Crippen LogP contribution in [0, 0.1) is 0 Å². The highest BCUT2D eigenvalue weighted by molar-refractivity contribution is 6.06. The molecule has 0 unspecified atom stereocenters. The molecular formula is C19H16N2O4. The van der Waals surface area contributed by atoms with E-state index in [-0.39, 0.29) is 5.76 Å². The van der Waals surface area contributed by atoms with Crippen LogP contribution in [0.15, 0.2) is 65.4 Å². The Kier molecular flexibility index (Phi) is 4.89. The standard InChI is InChI=1S/C19H16N2O4/c1-2-24-19(23)14-8-10-15(11-9-14)21-18(22)17-16(20-12-25-17)13-6-4-3-5-7-13/h3-12H,2H2,1H3,(H,21,22). The Balaban J connectivity index is 1.75. The molecule has 2 aromatic carbocycles. The van der Waals surface area contributed by atoms with Gasteiger partial charge in [0.1, 0.15) is 5.69 Å². The molecule has 0 radical (unpaired) electrons. The Labute approximate surface area is 144 Å². The van der Waals surface area contributed by atoms with E-state index in [1.807, 2.05) is 30.3 Å². The zero-order chi connectivity index (χ0) is 17.6. The summed E-state index contributed by atoms with van der Waals surface area (Å²) in [6.45, 7) is 2.05. The molecule has 1 N–H and O–H groups in total. The summed E-state index contributed by atoms with van der Waals surface area (Å²) in [6, 6.07) is 15.7. The average Bonchev–Trinajstić information content (AvgIpc) is 3.13. The number of hydrogen-bond donors (Lipinski definition) is 1. The zero-order valence-electron chi connectivity index (χ0n) is 13.6. The van der Waals surface area contributed by atoms with Gasteiger partial charge in [0.2, 0.25) is 5.76 Å². The minimum absolute atomic E-state index is 0.126. The van der Waals surface area contributed by atoms with E-state index in [2.05, 4.69) is 10.3 Å². The van der Waals surface area contributed by atoms with E-state index in [1.165, 1.54) is 6.39 Å². The SMILES string of the molecule is CCOC(=O)c1ccc(NC(=O)c2ocnc2-c2ccccc2)cc1. The molecule has 126 valence electrons. The van der Waals surface area contributed by atoms with Gasteiger partial charge in [0.15, 0.2) is 6.39 Å². The van der Waals surface area contributed by atoms with Crippen LogP contribution in [0.25, 0.3) is 11.3 Å². The van der Waals surface area contributed by atoms with Gasteiger partial charge in [-0.05, 0) is 31.2 Å². The van der Waals surface area contributed by atoms with Crippen molar-refractivity contribution < 1.29 is 18.7 Å². The van der Waals surface area contributed by atoms with E-state index in [0.717, 1.165) is 5.56 Å². The maximum absolute atomic E-state index is 12.5. The summed E-state index contributed by atoms with van der Waals surface area (Å²) in [5.74, 6) is -0.692. The molecule has 1 aromatic heterocycles. The summed E-state index contributed by atoms with van der Waals surface area (Å²) in [5.41, 5.74) is 2.22. The predicted molar refractivity (Wildman–Crippen MR) is 92.3 cm³/mol. The Morgan fingerprint density at radius 3 is 2.48 bits per heavy atom. The summed E-state index contributed by atoms with van der Waals surface area (Å²) in [6.07, 6.45) is 1.24. The van der Waals surface area contributed by atoms with Crippen LogP contribution in [0.2, 0.25) is 0 Å². The average molecular weight is 336 g/mol. The molecule has 0 aliphatic heterocycles. The predicted octanol–water partition coefficient (Wildman–Crippen LogP) is 3.77. The second-order valence-corrected chi connectivity index (χ2v) is 5.15. The number of aromatic nitrogens is 1. The van der Waals surface area contributed by atoms with Crippen LogP contribution in [0.3, 0.4) is 0 Å². The molecule has 3 rings (SSSR count). The summed E-state index contributed by atoms with van der Waals surface area (Å²) in [7, 11) is 0. The van der Waals surface area contributed by atoms with Crippen LogP contribution in [-0.4, -0.2) is 23.5 Å². The fourth-order valence-electron chi connectivity index (χ4n) is 2.30. The number of oxazole rings is 1. The van der Waals surface area contributed by atoms with E-state index >= 15 is 0 Å². The third kappa shape index (κ3) is 3.74. The Bertz CT molecular complexity index is 870. The van der Waals surface area contributed by atoms with Gasteiger partial charge in [-0.1, -0.05) is 30.3 Å². The second kappa shape index (κ2) is 7.44. The molecule has 0 aliphatic carbocycles. The normalized spacial score (nSPS) is 10.3. The molecule has 0 atom stereocenters. The number of nitrogens with one attached hydrogen (secondary N) is 1. The Morgan fingerprint density at radius 1 is 1.08 bits per heavy atom. The first-order valence-corrected chi connectivity index (χ1v) is 7.76. The smallest absolute Gasteiger partial charge is 0.338 e. The van der Waals surface area contributed by atoms with Gasteiger partial charge in [-0.2, -0.15) is 0 Å². The largest absolute Gasteiger partial charge is 0.462 e. The first-order chi connectivity index (χ1) is 12.2. The molecule has 0 aliphatic rings.